The summed E-state index contributed by atoms with van der Waals surface area (Å²) < 4.78 is 5.68. The van der Waals surface area contributed by atoms with Gasteiger partial charge >= 0.3 is 6.03 Å². The van der Waals surface area contributed by atoms with Crippen LogP contribution in [0.5, 0.6) is 5.75 Å². The Morgan fingerprint density at radius 3 is 2.68 bits per heavy atom. The number of para-hydroxylation sites is 3. The highest BCUT2D eigenvalue weighted by Gasteiger charge is 2.59. The molecular formula is C22H21N3O3. The number of H-pyrrole nitrogens is 1. The first-order chi connectivity index (χ1) is 13.6. The third kappa shape index (κ3) is 2.03. The summed E-state index contributed by atoms with van der Waals surface area (Å²) in [5.41, 5.74) is 2.37. The number of fused-ring (bicyclic) bond motifs is 5. The van der Waals surface area contributed by atoms with Crippen molar-refractivity contribution < 1.29 is 14.3 Å². The molecule has 1 atom stereocenters. The van der Waals surface area contributed by atoms with E-state index in [4.69, 9.17) is 4.74 Å². The zero-order chi connectivity index (χ0) is 19.5. The summed E-state index contributed by atoms with van der Waals surface area (Å²) in [6, 6.07) is 14.9. The van der Waals surface area contributed by atoms with E-state index in [0.29, 0.717) is 24.6 Å². The fourth-order valence-electron chi connectivity index (χ4n) is 4.52. The molecule has 0 radical (unpaired) electrons. The Hall–Kier alpha value is -3.28. The average Bonchev–Trinajstić information content (AvgIpc) is 3.18. The molecule has 1 aromatic heterocycles. The van der Waals surface area contributed by atoms with Crippen molar-refractivity contribution >= 4 is 28.5 Å². The van der Waals surface area contributed by atoms with Gasteiger partial charge in [0, 0.05) is 17.4 Å². The Morgan fingerprint density at radius 2 is 1.86 bits per heavy atom. The van der Waals surface area contributed by atoms with Gasteiger partial charge < -0.3 is 14.6 Å². The summed E-state index contributed by atoms with van der Waals surface area (Å²) in [5, 5.41) is 1.12. The van der Waals surface area contributed by atoms with Gasteiger partial charge in [-0.05, 0) is 44.0 Å². The number of carbonyl (C=O) groups excluding carboxylic acids is 2. The van der Waals surface area contributed by atoms with Crippen molar-refractivity contribution in [3.63, 3.8) is 0 Å². The van der Waals surface area contributed by atoms with Crippen molar-refractivity contribution in [2.24, 2.45) is 0 Å². The van der Waals surface area contributed by atoms with Crippen LogP contribution in [0.4, 0.5) is 10.5 Å². The van der Waals surface area contributed by atoms with Crippen LogP contribution in [0.1, 0.15) is 25.1 Å². The number of aromatic amines is 1. The number of hydrogen-bond donors (Lipinski definition) is 1. The molecule has 3 heterocycles. The zero-order valence-electron chi connectivity index (χ0n) is 15.9. The standard InChI is InChI=1S/C22H21N3O3/c1-3-28-18-11-7-6-10-17(18)25-20(26)22(2)19-15(12-13-24(22)21(25)27)14-8-4-5-9-16(14)23-19/h4-11,23H,3,12-13H2,1-2H3. The Labute approximate surface area is 162 Å². The minimum atomic E-state index is -1.05. The van der Waals surface area contributed by atoms with Gasteiger partial charge in [-0.1, -0.05) is 30.3 Å². The molecule has 5 rings (SSSR count). The number of rotatable bonds is 3. The minimum Gasteiger partial charge on any atom is -0.492 e. The summed E-state index contributed by atoms with van der Waals surface area (Å²) in [6.45, 7) is 4.68. The van der Waals surface area contributed by atoms with Crippen LogP contribution in [-0.2, 0) is 16.8 Å². The Morgan fingerprint density at radius 1 is 1.11 bits per heavy atom. The molecule has 0 aliphatic carbocycles. The number of ether oxygens (including phenoxy) is 1. The molecule has 3 amide bonds. The van der Waals surface area contributed by atoms with E-state index in [-0.39, 0.29) is 11.9 Å². The highest BCUT2D eigenvalue weighted by molar-refractivity contribution is 6.24. The second-order valence-electron chi connectivity index (χ2n) is 7.32. The lowest BCUT2D eigenvalue weighted by atomic mass is 9.87. The molecule has 0 spiro atoms. The number of urea groups is 1. The third-order valence-electron chi connectivity index (χ3n) is 5.87. The number of anilines is 1. The zero-order valence-corrected chi connectivity index (χ0v) is 15.9. The van der Waals surface area contributed by atoms with Crippen LogP contribution in [-0.4, -0.2) is 35.0 Å². The Kier molecular flexibility index (Phi) is 3.53. The monoisotopic (exact) mass is 375 g/mol. The maximum atomic E-state index is 13.7. The first kappa shape index (κ1) is 16.9. The van der Waals surface area contributed by atoms with Crippen LogP contribution in [0.2, 0.25) is 0 Å². The van der Waals surface area contributed by atoms with Crippen molar-refractivity contribution in [1.82, 2.24) is 9.88 Å². The molecular weight excluding hydrogens is 354 g/mol. The van der Waals surface area contributed by atoms with Crippen molar-refractivity contribution in [3.05, 3.63) is 59.8 Å². The molecule has 1 saturated heterocycles. The lowest BCUT2D eigenvalue weighted by Gasteiger charge is -2.35. The van der Waals surface area contributed by atoms with E-state index in [9.17, 15) is 9.59 Å². The topological polar surface area (TPSA) is 65.6 Å². The van der Waals surface area contributed by atoms with Crippen LogP contribution in [0, 0.1) is 0 Å². The number of benzene rings is 2. The molecule has 2 aliphatic heterocycles. The molecule has 0 saturated carbocycles. The first-order valence-electron chi connectivity index (χ1n) is 9.55. The van der Waals surface area contributed by atoms with E-state index in [0.717, 1.165) is 28.6 Å². The fraction of sp³-hybridized carbons (Fsp3) is 0.273. The van der Waals surface area contributed by atoms with Crippen LogP contribution in [0.3, 0.4) is 0 Å². The van der Waals surface area contributed by atoms with Gasteiger partial charge in [0.25, 0.3) is 5.91 Å². The predicted molar refractivity (Wildman–Crippen MR) is 107 cm³/mol. The molecule has 142 valence electrons. The second-order valence-corrected chi connectivity index (χ2v) is 7.32. The lowest BCUT2D eigenvalue weighted by Crippen LogP contribution is -2.49. The molecule has 2 aromatic carbocycles. The molecule has 6 nitrogen and oxygen atoms in total. The normalized spacial score (nSPS) is 21.2. The van der Waals surface area contributed by atoms with Gasteiger partial charge in [-0.15, -0.1) is 0 Å². The molecule has 1 N–H and O–H groups in total. The molecule has 3 aromatic rings. The summed E-state index contributed by atoms with van der Waals surface area (Å²) >= 11 is 0. The molecule has 6 heteroatoms. The fourth-order valence-corrected chi connectivity index (χ4v) is 4.52. The van der Waals surface area contributed by atoms with Crippen molar-refractivity contribution in [1.29, 1.82) is 0 Å². The van der Waals surface area contributed by atoms with Crippen LogP contribution in [0.25, 0.3) is 10.9 Å². The highest BCUT2D eigenvalue weighted by atomic mass is 16.5. The SMILES string of the molecule is CCOc1ccccc1N1C(=O)N2CCc3c([nH]c4ccccc34)C2(C)C1=O. The summed E-state index contributed by atoms with van der Waals surface area (Å²) in [6.07, 6.45) is 0.717. The van der Waals surface area contributed by atoms with E-state index >= 15 is 0 Å². The number of amides is 3. The quantitative estimate of drug-likeness (QED) is 0.708. The first-order valence-corrected chi connectivity index (χ1v) is 9.55. The highest BCUT2D eigenvalue weighted by Crippen LogP contribution is 2.46. The average molecular weight is 375 g/mol. The van der Waals surface area contributed by atoms with Crippen LogP contribution >= 0.6 is 0 Å². The number of hydrogen-bond acceptors (Lipinski definition) is 3. The summed E-state index contributed by atoms with van der Waals surface area (Å²) in [7, 11) is 0. The van der Waals surface area contributed by atoms with E-state index in [1.807, 2.05) is 44.2 Å². The van der Waals surface area contributed by atoms with Gasteiger partial charge in [-0.2, -0.15) is 0 Å². The van der Waals surface area contributed by atoms with Gasteiger partial charge in [0.05, 0.1) is 18.0 Å². The Bertz CT molecular complexity index is 1120. The third-order valence-corrected chi connectivity index (χ3v) is 5.87. The Balaban J connectivity index is 1.68. The number of imide groups is 1. The van der Waals surface area contributed by atoms with E-state index in [2.05, 4.69) is 11.1 Å². The minimum absolute atomic E-state index is 0.253. The number of nitrogens with zero attached hydrogens (tertiary/aromatic N) is 2. The predicted octanol–water partition coefficient (Wildman–Crippen LogP) is 3.81. The number of carbonyl (C=O) groups is 2. The largest absolute Gasteiger partial charge is 0.492 e. The van der Waals surface area contributed by atoms with Gasteiger partial charge in [-0.25, -0.2) is 9.69 Å². The number of aromatic nitrogens is 1. The molecule has 1 fully saturated rings. The maximum Gasteiger partial charge on any atom is 0.332 e. The van der Waals surface area contributed by atoms with Crippen molar-refractivity contribution in [3.8, 4) is 5.75 Å². The van der Waals surface area contributed by atoms with E-state index in [1.54, 1.807) is 17.0 Å². The summed E-state index contributed by atoms with van der Waals surface area (Å²) in [5.74, 6) is 0.282. The molecule has 1 unspecified atom stereocenters. The van der Waals surface area contributed by atoms with E-state index in [1.165, 1.54) is 4.90 Å². The summed E-state index contributed by atoms with van der Waals surface area (Å²) in [4.78, 5) is 33.3. The van der Waals surface area contributed by atoms with Gasteiger partial charge in [0.1, 0.15) is 5.75 Å². The van der Waals surface area contributed by atoms with Crippen LogP contribution < -0.4 is 9.64 Å². The smallest absolute Gasteiger partial charge is 0.332 e. The van der Waals surface area contributed by atoms with Crippen LogP contribution in [0.15, 0.2) is 48.5 Å². The molecule has 0 bridgehead atoms. The number of nitrogens with one attached hydrogen (secondary N) is 1. The molecule has 2 aliphatic rings. The maximum absolute atomic E-state index is 13.7. The van der Waals surface area contributed by atoms with Gasteiger partial charge in [0.2, 0.25) is 0 Å². The van der Waals surface area contributed by atoms with Crippen molar-refractivity contribution in [2.45, 2.75) is 25.8 Å². The van der Waals surface area contributed by atoms with E-state index < -0.39 is 5.54 Å². The van der Waals surface area contributed by atoms with Gasteiger partial charge in [-0.3, -0.25) is 4.79 Å². The van der Waals surface area contributed by atoms with Crippen molar-refractivity contribution in [2.75, 3.05) is 18.1 Å². The van der Waals surface area contributed by atoms with Gasteiger partial charge in [0.15, 0.2) is 5.54 Å². The molecule has 28 heavy (non-hydrogen) atoms. The lowest BCUT2D eigenvalue weighted by molar-refractivity contribution is -0.125. The second kappa shape index (κ2) is 5.86.